The summed E-state index contributed by atoms with van der Waals surface area (Å²) in [5, 5.41) is 0. The molecular formula is C15H13NO2. The van der Waals surface area contributed by atoms with Crippen LogP contribution in [0.15, 0.2) is 61.1 Å². The van der Waals surface area contributed by atoms with Crippen LogP contribution >= 0.6 is 0 Å². The molecule has 3 nitrogen and oxygen atoms in total. The average Bonchev–Trinajstić information content (AvgIpc) is 2.40. The smallest absolute Gasteiger partial charge is 0.155 e. The molecule has 90 valence electrons. The number of pyridine rings is 1. The van der Waals surface area contributed by atoms with Gasteiger partial charge in [-0.05, 0) is 19.1 Å². The first-order valence-electron chi connectivity index (χ1n) is 5.60. The normalized spacial score (nSPS) is 10.5. The first kappa shape index (κ1) is 12.0. The third-order valence-electron chi connectivity index (χ3n) is 2.36. The van der Waals surface area contributed by atoms with Gasteiger partial charge in [-0.25, -0.2) is 0 Å². The second-order valence-electron chi connectivity index (χ2n) is 3.77. The highest BCUT2D eigenvalue weighted by molar-refractivity contribution is 5.87. The maximum absolute atomic E-state index is 10.8. The SMILES string of the molecule is CC(=O)/C=C/Oc1ccccc1-c1cccnc1. The van der Waals surface area contributed by atoms with Crippen molar-refractivity contribution in [1.82, 2.24) is 4.98 Å². The summed E-state index contributed by atoms with van der Waals surface area (Å²) in [5.74, 6) is 0.650. The van der Waals surface area contributed by atoms with E-state index in [9.17, 15) is 4.79 Å². The van der Waals surface area contributed by atoms with E-state index >= 15 is 0 Å². The Morgan fingerprint density at radius 3 is 2.78 bits per heavy atom. The molecule has 0 spiro atoms. The maximum Gasteiger partial charge on any atom is 0.155 e. The van der Waals surface area contributed by atoms with Gasteiger partial charge in [0.15, 0.2) is 5.78 Å². The Morgan fingerprint density at radius 1 is 1.22 bits per heavy atom. The first-order chi connectivity index (χ1) is 8.77. The van der Waals surface area contributed by atoms with Crippen molar-refractivity contribution in [2.24, 2.45) is 0 Å². The van der Waals surface area contributed by atoms with E-state index in [4.69, 9.17) is 4.74 Å². The van der Waals surface area contributed by atoms with Gasteiger partial charge in [-0.1, -0.05) is 24.3 Å². The van der Waals surface area contributed by atoms with E-state index in [2.05, 4.69) is 4.98 Å². The Morgan fingerprint density at radius 2 is 2.06 bits per heavy atom. The van der Waals surface area contributed by atoms with Crippen LogP contribution in [-0.4, -0.2) is 10.8 Å². The zero-order chi connectivity index (χ0) is 12.8. The molecule has 0 atom stereocenters. The predicted molar refractivity (Wildman–Crippen MR) is 70.1 cm³/mol. The molecule has 0 aliphatic rings. The lowest BCUT2D eigenvalue weighted by Gasteiger charge is -2.07. The van der Waals surface area contributed by atoms with Gasteiger partial charge in [0.1, 0.15) is 5.75 Å². The van der Waals surface area contributed by atoms with Crippen LogP contribution in [0.1, 0.15) is 6.92 Å². The van der Waals surface area contributed by atoms with Crippen molar-refractivity contribution in [2.45, 2.75) is 6.92 Å². The second kappa shape index (κ2) is 5.77. The van der Waals surface area contributed by atoms with Gasteiger partial charge in [0.2, 0.25) is 0 Å². The van der Waals surface area contributed by atoms with E-state index in [0.717, 1.165) is 11.1 Å². The number of allylic oxidation sites excluding steroid dienone is 1. The summed E-state index contributed by atoms with van der Waals surface area (Å²) >= 11 is 0. The van der Waals surface area contributed by atoms with Crippen molar-refractivity contribution in [1.29, 1.82) is 0 Å². The quantitative estimate of drug-likeness (QED) is 0.607. The number of rotatable bonds is 4. The Balaban J connectivity index is 2.29. The topological polar surface area (TPSA) is 39.2 Å². The molecule has 0 fully saturated rings. The Bertz CT molecular complexity index is 562. The summed E-state index contributed by atoms with van der Waals surface area (Å²) < 4.78 is 5.47. The summed E-state index contributed by atoms with van der Waals surface area (Å²) in [6.45, 7) is 1.48. The van der Waals surface area contributed by atoms with E-state index < -0.39 is 0 Å². The molecule has 0 unspecified atom stereocenters. The van der Waals surface area contributed by atoms with Crippen LogP contribution in [0.5, 0.6) is 5.75 Å². The number of carbonyl (C=O) groups excluding carboxylic acids is 1. The Kier molecular flexibility index (Phi) is 3.86. The van der Waals surface area contributed by atoms with E-state index in [1.54, 1.807) is 12.4 Å². The molecule has 0 aliphatic carbocycles. The predicted octanol–water partition coefficient (Wildman–Crippen LogP) is 3.23. The van der Waals surface area contributed by atoms with Gasteiger partial charge < -0.3 is 4.74 Å². The first-order valence-corrected chi connectivity index (χ1v) is 5.60. The van der Waals surface area contributed by atoms with Gasteiger partial charge in [0.05, 0.1) is 6.26 Å². The molecule has 0 radical (unpaired) electrons. The Hall–Kier alpha value is -2.42. The number of para-hydroxylation sites is 1. The number of hydrogen-bond donors (Lipinski definition) is 0. The lowest BCUT2D eigenvalue weighted by atomic mass is 10.1. The summed E-state index contributed by atoms with van der Waals surface area (Å²) in [7, 11) is 0. The van der Waals surface area contributed by atoms with Crippen molar-refractivity contribution in [2.75, 3.05) is 0 Å². The van der Waals surface area contributed by atoms with E-state index in [1.165, 1.54) is 19.3 Å². The fourth-order valence-electron chi connectivity index (χ4n) is 1.53. The molecule has 0 saturated heterocycles. The summed E-state index contributed by atoms with van der Waals surface area (Å²) in [6.07, 6.45) is 6.29. The minimum Gasteiger partial charge on any atom is -0.464 e. The van der Waals surface area contributed by atoms with Gasteiger partial charge in [-0.3, -0.25) is 9.78 Å². The number of carbonyl (C=O) groups is 1. The van der Waals surface area contributed by atoms with Crippen LogP contribution in [0.25, 0.3) is 11.1 Å². The molecule has 2 aromatic rings. The standard InChI is InChI=1S/C15H13NO2/c1-12(17)8-10-18-15-7-3-2-6-14(15)13-5-4-9-16-11-13/h2-11H,1H3/b10-8+. The fraction of sp³-hybridized carbons (Fsp3) is 0.0667. The Labute approximate surface area is 106 Å². The molecule has 3 heteroatoms. The summed E-state index contributed by atoms with van der Waals surface area (Å²) in [4.78, 5) is 14.9. The minimum absolute atomic E-state index is 0.0474. The minimum atomic E-state index is -0.0474. The highest BCUT2D eigenvalue weighted by Gasteiger charge is 2.04. The highest BCUT2D eigenvalue weighted by Crippen LogP contribution is 2.29. The van der Waals surface area contributed by atoms with Crippen LogP contribution in [0.3, 0.4) is 0 Å². The monoisotopic (exact) mass is 239 g/mol. The molecule has 1 aromatic carbocycles. The van der Waals surface area contributed by atoms with Crippen LogP contribution in [0.2, 0.25) is 0 Å². The zero-order valence-electron chi connectivity index (χ0n) is 10.0. The van der Waals surface area contributed by atoms with E-state index in [-0.39, 0.29) is 5.78 Å². The number of nitrogens with zero attached hydrogens (tertiary/aromatic N) is 1. The van der Waals surface area contributed by atoms with Gasteiger partial charge in [-0.15, -0.1) is 0 Å². The van der Waals surface area contributed by atoms with E-state index in [0.29, 0.717) is 5.75 Å². The molecule has 0 N–H and O–H groups in total. The molecule has 0 saturated carbocycles. The molecule has 1 aromatic heterocycles. The maximum atomic E-state index is 10.8. The molecule has 2 rings (SSSR count). The van der Waals surface area contributed by atoms with Crippen molar-refractivity contribution in [3.05, 3.63) is 61.1 Å². The number of aromatic nitrogens is 1. The average molecular weight is 239 g/mol. The largest absolute Gasteiger partial charge is 0.464 e. The summed E-state index contributed by atoms with van der Waals surface area (Å²) in [6, 6.07) is 11.5. The van der Waals surface area contributed by atoms with Crippen LogP contribution in [0.4, 0.5) is 0 Å². The number of ether oxygens (including phenoxy) is 1. The molecule has 1 heterocycles. The third-order valence-corrected chi connectivity index (χ3v) is 2.36. The van der Waals surface area contributed by atoms with E-state index in [1.807, 2.05) is 36.4 Å². The highest BCUT2D eigenvalue weighted by atomic mass is 16.5. The third kappa shape index (κ3) is 3.04. The van der Waals surface area contributed by atoms with Crippen LogP contribution in [-0.2, 0) is 4.79 Å². The zero-order valence-corrected chi connectivity index (χ0v) is 10.0. The molecular weight excluding hydrogens is 226 g/mol. The van der Waals surface area contributed by atoms with Gasteiger partial charge in [0.25, 0.3) is 0 Å². The van der Waals surface area contributed by atoms with Gasteiger partial charge in [0, 0.05) is 29.6 Å². The van der Waals surface area contributed by atoms with Crippen LogP contribution in [0, 0.1) is 0 Å². The number of benzene rings is 1. The van der Waals surface area contributed by atoms with Crippen molar-refractivity contribution in [3.8, 4) is 16.9 Å². The molecule has 0 bridgehead atoms. The number of hydrogen-bond acceptors (Lipinski definition) is 3. The van der Waals surface area contributed by atoms with Crippen molar-refractivity contribution in [3.63, 3.8) is 0 Å². The fourth-order valence-corrected chi connectivity index (χ4v) is 1.53. The molecule has 18 heavy (non-hydrogen) atoms. The van der Waals surface area contributed by atoms with Gasteiger partial charge in [-0.2, -0.15) is 0 Å². The lowest BCUT2D eigenvalue weighted by molar-refractivity contribution is -0.112. The van der Waals surface area contributed by atoms with Crippen molar-refractivity contribution >= 4 is 5.78 Å². The summed E-state index contributed by atoms with van der Waals surface area (Å²) in [5.41, 5.74) is 1.92. The second-order valence-corrected chi connectivity index (χ2v) is 3.77. The van der Waals surface area contributed by atoms with Crippen molar-refractivity contribution < 1.29 is 9.53 Å². The molecule has 0 aliphatic heterocycles. The van der Waals surface area contributed by atoms with Gasteiger partial charge >= 0.3 is 0 Å². The van der Waals surface area contributed by atoms with Crippen LogP contribution < -0.4 is 4.74 Å². The lowest BCUT2D eigenvalue weighted by Crippen LogP contribution is -1.89. The molecule has 0 amide bonds. The number of ketones is 1.